The van der Waals surface area contributed by atoms with Gasteiger partial charge in [-0.1, -0.05) is 128 Å². The SMILES string of the molecule is Cc1cc(NC(=O)N[C@@H]2CCCC[C@H]2CN2CCC[C@@H](Cc3ccc(F)cc3)C2)ccc1-n1cccn1.Cc1ccc(CC(=O)NCC(c2ccccc2)N2CCN(c3ccccc3)CC2)cc1.Cn1nnnc1-c1ccc(NC(=O)N[C@@H]2CCCC[C@H]2CN2CCC[C@@H](Cc3ccc(F)cc3)C2)cc1.N.[HH].[HH].[HH].[HH].[HH]. The second kappa shape index (κ2) is 39.1. The molecule has 9 aromatic rings. The van der Waals surface area contributed by atoms with Gasteiger partial charge in [0.15, 0.2) is 5.82 Å². The summed E-state index contributed by atoms with van der Waals surface area (Å²) in [6.07, 6.45) is 20.0. The second-order valence-corrected chi connectivity index (χ2v) is 29.6. The summed E-state index contributed by atoms with van der Waals surface area (Å²) < 4.78 is 30.0. The minimum absolute atomic E-state index is 0. The first-order valence-electron chi connectivity index (χ1n) is 38.2. The molecule has 1 unspecified atom stereocenters. The van der Waals surface area contributed by atoms with Crippen molar-refractivity contribution in [1.29, 1.82) is 0 Å². The van der Waals surface area contributed by atoms with Crippen LogP contribution in [-0.2, 0) is 31.1 Å². The van der Waals surface area contributed by atoms with Crippen LogP contribution in [0.2, 0.25) is 0 Å². The lowest BCUT2D eigenvalue weighted by atomic mass is 9.83. The molecule has 570 valence electrons. The highest BCUT2D eigenvalue weighted by atomic mass is 19.1. The Labute approximate surface area is 632 Å². The molecule has 5 amide bonds. The summed E-state index contributed by atoms with van der Waals surface area (Å²) in [5.41, 5.74) is 11.7. The smallest absolute Gasteiger partial charge is 0.319 e. The van der Waals surface area contributed by atoms with Crippen LogP contribution < -0.4 is 37.6 Å². The van der Waals surface area contributed by atoms with Crippen LogP contribution in [-0.4, -0.2) is 147 Å². The van der Waals surface area contributed by atoms with Gasteiger partial charge in [-0.15, -0.1) is 5.10 Å². The highest BCUT2D eigenvalue weighted by Gasteiger charge is 2.33. The fourth-order valence-electron chi connectivity index (χ4n) is 16.2. The molecular formula is C85H118F2N16O3. The van der Waals surface area contributed by atoms with E-state index in [-0.39, 0.29) is 61.0 Å². The van der Waals surface area contributed by atoms with Crippen molar-refractivity contribution in [2.75, 3.05) is 87.5 Å². The molecular weight excluding hydrogens is 1330 g/mol. The Balaban J connectivity index is 0.000000254. The van der Waals surface area contributed by atoms with Crippen LogP contribution in [0.4, 0.5) is 35.4 Å². The lowest BCUT2D eigenvalue weighted by Crippen LogP contribution is -2.50. The van der Waals surface area contributed by atoms with Gasteiger partial charge in [0.2, 0.25) is 5.91 Å². The Bertz CT molecular complexity index is 4150. The third-order valence-electron chi connectivity index (χ3n) is 21.8. The molecule has 0 spiro atoms. The maximum atomic E-state index is 13.3. The summed E-state index contributed by atoms with van der Waals surface area (Å²) in [5.74, 6) is 2.53. The number of nitrogens with one attached hydrogen (secondary N) is 5. The second-order valence-electron chi connectivity index (χ2n) is 29.6. The number of aromatic nitrogens is 6. The molecule has 7 atom stereocenters. The number of benzene rings is 7. The van der Waals surface area contributed by atoms with Crippen molar-refractivity contribution < 1.29 is 30.3 Å². The van der Waals surface area contributed by atoms with Crippen LogP contribution in [0.15, 0.2) is 194 Å². The van der Waals surface area contributed by atoms with Gasteiger partial charge < -0.3 is 47.4 Å². The molecule has 21 heteroatoms. The molecule has 2 aliphatic carbocycles. The molecule has 14 rings (SSSR count). The normalized spacial score (nSPS) is 20.2. The first kappa shape index (κ1) is 77.4. The van der Waals surface area contributed by atoms with Gasteiger partial charge in [-0.25, -0.2) is 27.7 Å². The van der Waals surface area contributed by atoms with E-state index in [1.54, 1.807) is 42.2 Å². The molecule has 3 aliphatic heterocycles. The van der Waals surface area contributed by atoms with Gasteiger partial charge in [0.25, 0.3) is 0 Å². The molecule has 3 saturated heterocycles. The van der Waals surface area contributed by atoms with Crippen LogP contribution in [0.25, 0.3) is 17.1 Å². The molecule has 0 bridgehead atoms. The summed E-state index contributed by atoms with van der Waals surface area (Å²) in [6.45, 7) is 15.1. The number of nitrogens with zero attached hydrogens (tertiary/aromatic N) is 10. The molecule has 7 aromatic carbocycles. The van der Waals surface area contributed by atoms with Crippen LogP contribution in [0.3, 0.4) is 0 Å². The Hall–Kier alpha value is -9.67. The Morgan fingerprint density at radius 2 is 1.10 bits per heavy atom. The predicted octanol–water partition coefficient (Wildman–Crippen LogP) is 16.2. The largest absolute Gasteiger partial charge is 0.369 e. The van der Waals surface area contributed by atoms with Crippen molar-refractivity contribution in [2.24, 2.45) is 30.7 Å². The zero-order valence-corrected chi connectivity index (χ0v) is 62.1. The molecule has 5 aliphatic rings. The number of para-hydroxylation sites is 1. The van der Waals surface area contributed by atoms with Gasteiger partial charge in [0.05, 0.1) is 18.2 Å². The summed E-state index contributed by atoms with van der Waals surface area (Å²) in [5, 5.41) is 31.6. The molecule has 5 fully saturated rings. The molecule has 8 N–H and O–H groups in total. The maximum absolute atomic E-state index is 13.3. The number of carbonyl (C=O) groups excluding carboxylic acids is 3. The van der Waals surface area contributed by atoms with E-state index in [9.17, 15) is 23.2 Å². The van der Waals surface area contributed by atoms with E-state index in [2.05, 4.69) is 140 Å². The Morgan fingerprint density at radius 1 is 0.566 bits per heavy atom. The highest BCUT2D eigenvalue weighted by molar-refractivity contribution is 5.90. The fraction of sp³-hybridized carbons (Fsp3) is 0.424. The molecule has 2 saturated carbocycles. The number of rotatable bonds is 21. The van der Waals surface area contributed by atoms with Gasteiger partial charge in [-0.05, 0) is 238 Å². The summed E-state index contributed by atoms with van der Waals surface area (Å²) >= 11 is 0. The van der Waals surface area contributed by atoms with Crippen LogP contribution in [0, 0.1) is 49.2 Å². The standard InChI is InChI=1S/C30H38FN5O.C28H36FN7O.C27H31N3O.H3N.5H2/c1-22-18-27(13-14-29(22)36-17-5-15-32-36)33-30(37)34-28-8-3-2-7-25(28)21-35-16-4-6-24(20-35)19-23-9-11-26(31)12-10-23;1-35-27(32-33-34-35)22-10-14-25(15-11-22)30-28(37)31-26-7-3-2-6-23(26)19-36-16-4-5-21(18-36)17-20-8-12-24(29)13-9-20;1-22-12-14-23(15-13-22)20-27(31)28-21-26(24-8-4-2-5-9-24)30-18-16-29(17-19-30)25-10-6-3-7-11-25;;;;;;/h5,9-15,17-18,24-25,28H,2-4,6-8,16,19-21H2,1H3,(H2,33,34,37);8-15,21,23,26H,2-7,16-19H2,1H3,(H2,30,31,37);2-15,26H,16-21H2,1H3,(H,28,31);1H3;5*1H/t24-,25-,28+;21-,23-,26+;;;;;;;/m00......./s1. The highest BCUT2D eigenvalue weighted by Crippen LogP contribution is 2.32. The summed E-state index contributed by atoms with van der Waals surface area (Å²) in [7, 11) is 1.80. The van der Waals surface area contributed by atoms with Crippen molar-refractivity contribution in [3.05, 3.63) is 239 Å². The number of urea groups is 2. The predicted molar refractivity (Wildman–Crippen MR) is 430 cm³/mol. The number of piperidine rings is 2. The Morgan fingerprint density at radius 3 is 1.64 bits per heavy atom. The minimum Gasteiger partial charge on any atom is -0.369 e. The topological polar surface area (TPSA) is 221 Å². The van der Waals surface area contributed by atoms with Crippen LogP contribution in [0.5, 0.6) is 0 Å². The molecule has 19 nitrogen and oxygen atoms in total. The van der Waals surface area contributed by atoms with Gasteiger partial charge in [0.1, 0.15) is 11.6 Å². The van der Waals surface area contributed by atoms with E-state index in [0.717, 1.165) is 151 Å². The van der Waals surface area contributed by atoms with E-state index in [1.165, 1.54) is 66.5 Å². The van der Waals surface area contributed by atoms with E-state index in [4.69, 9.17) is 0 Å². The third-order valence-corrected chi connectivity index (χ3v) is 21.8. The number of halogens is 2. The monoisotopic (exact) mass is 1450 g/mol. The third kappa shape index (κ3) is 22.9. The van der Waals surface area contributed by atoms with Crippen molar-refractivity contribution in [2.45, 2.75) is 128 Å². The van der Waals surface area contributed by atoms with E-state index in [0.29, 0.717) is 42.5 Å². The average molecular weight is 1450 g/mol. The first-order valence-corrected chi connectivity index (χ1v) is 38.2. The van der Waals surface area contributed by atoms with Crippen molar-refractivity contribution in [1.82, 2.24) is 66.8 Å². The fourth-order valence-corrected chi connectivity index (χ4v) is 16.2. The van der Waals surface area contributed by atoms with Gasteiger partial charge in [0, 0.05) is 120 Å². The first-order chi connectivity index (χ1) is 51.2. The number of carbonyl (C=O) groups is 3. The van der Waals surface area contributed by atoms with E-state index >= 15 is 0 Å². The number of amides is 5. The van der Waals surface area contributed by atoms with Gasteiger partial charge >= 0.3 is 12.1 Å². The maximum Gasteiger partial charge on any atom is 0.319 e. The zero-order valence-electron chi connectivity index (χ0n) is 62.1. The zero-order chi connectivity index (χ0) is 72.7. The molecule has 2 aromatic heterocycles. The lowest BCUT2D eigenvalue weighted by molar-refractivity contribution is -0.120. The molecule has 106 heavy (non-hydrogen) atoms. The minimum atomic E-state index is -0.176. The van der Waals surface area contributed by atoms with Crippen molar-refractivity contribution in [3.63, 3.8) is 0 Å². The number of piperazine rings is 1. The van der Waals surface area contributed by atoms with E-state index < -0.39 is 0 Å². The van der Waals surface area contributed by atoms with Crippen LogP contribution in [0.1, 0.15) is 124 Å². The van der Waals surface area contributed by atoms with Crippen molar-refractivity contribution >= 4 is 35.0 Å². The number of anilines is 3. The number of hydrogen-bond acceptors (Lipinski definition) is 12. The quantitative estimate of drug-likeness (QED) is 0.0396. The molecule has 0 radical (unpaired) electrons. The van der Waals surface area contributed by atoms with Gasteiger partial charge in [-0.2, -0.15) is 5.10 Å². The number of tetrazole rings is 1. The molecule has 5 heterocycles. The van der Waals surface area contributed by atoms with E-state index in [1.807, 2.05) is 109 Å². The summed E-state index contributed by atoms with van der Waals surface area (Å²) in [4.78, 5) is 48.5. The summed E-state index contributed by atoms with van der Waals surface area (Å²) in [6, 6.07) is 58.8. The van der Waals surface area contributed by atoms with Crippen molar-refractivity contribution in [3.8, 4) is 17.1 Å². The average Bonchev–Trinajstić information content (AvgIpc) is 1.80. The number of likely N-dealkylation sites (tertiary alicyclic amines) is 2. The Kier molecular flexibility index (Phi) is 28.5. The number of aryl methyl sites for hydroxylation is 3. The van der Waals surface area contributed by atoms with Crippen LogP contribution >= 0.6 is 0 Å². The lowest BCUT2D eigenvalue weighted by Gasteiger charge is -2.40. The number of hydrogen-bond donors (Lipinski definition) is 6. The van der Waals surface area contributed by atoms with Gasteiger partial charge in [-0.3, -0.25) is 9.69 Å².